The van der Waals surface area contributed by atoms with Gasteiger partial charge in [-0.05, 0) is 18.2 Å². The van der Waals surface area contributed by atoms with E-state index < -0.39 is 0 Å². The van der Waals surface area contributed by atoms with E-state index in [0.717, 1.165) is 11.3 Å². The van der Waals surface area contributed by atoms with E-state index in [-0.39, 0.29) is 11.5 Å². The summed E-state index contributed by atoms with van der Waals surface area (Å²) < 4.78 is 0. The van der Waals surface area contributed by atoms with E-state index in [1.807, 2.05) is 30.3 Å². The molecule has 2 aromatic heterocycles. The smallest absolute Gasteiger partial charge is 0.255 e. The summed E-state index contributed by atoms with van der Waals surface area (Å²) in [6.45, 7) is 0. The van der Waals surface area contributed by atoms with E-state index in [1.54, 1.807) is 24.4 Å². The molecular formula is C17H13N3O2. The molecule has 0 spiro atoms. The lowest BCUT2D eigenvalue weighted by atomic mass is 10.1. The standard InChI is InChI=1S/C17H13N3O2/c21-16-10-13(6-8-19-16)17(22)20-14-7-9-18-15(11-14)12-4-2-1-3-5-12/h1-11H,(H,19,21)(H,18,20,22). The van der Waals surface area contributed by atoms with Gasteiger partial charge in [0.15, 0.2) is 0 Å². The van der Waals surface area contributed by atoms with Crippen LogP contribution in [0.15, 0.2) is 71.8 Å². The molecule has 1 amide bonds. The summed E-state index contributed by atoms with van der Waals surface area (Å²) in [7, 11) is 0. The maximum absolute atomic E-state index is 12.1. The van der Waals surface area contributed by atoms with Crippen LogP contribution >= 0.6 is 0 Å². The first-order chi connectivity index (χ1) is 10.7. The summed E-state index contributed by atoms with van der Waals surface area (Å²) in [4.78, 5) is 30.1. The van der Waals surface area contributed by atoms with Crippen molar-refractivity contribution in [2.45, 2.75) is 0 Å². The van der Waals surface area contributed by atoms with Crippen molar-refractivity contribution in [2.24, 2.45) is 0 Å². The van der Waals surface area contributed by atoms with Gasteiger partial charge in [0.25, 0.3) is 5.91 Å². The van der Waals surface area contributed by atoms with Crippen LogP contribution in [0, 0.1) is 0 Å². The zero-order valence-electron chi connectivity index (χ0n) is 11.6. The highest BCUT2D eigenvalue weighted by atomic mass is 16.2. The number of aromatic nitrogens is 2. The Balaban J connectivity index is 1.84. The topological polar surface area (TPSA) is 74.8 Å². The molecule has 0 aliphatic rings. The number of nitrogens with zero attached hydrogens (tertiary/aromatic N) is 1. The van der Waals surface area contributed by atoms with Crippen LogP contribution < -0.4 is 10.9 Å². The number of carbonyl (C=O) groups is 1. The molecular weight excluding hydrogens is 278 g/mol. The maximum atomic E-state index is 12.1. The second kappa shape index (κ2) is 6.05. The minimum atomic E-state index is -0.337. The summed E-state index contributed by atoms with van der Waals surface area (Å²) in [5, 5.41) is 2.76. The first-order valence-electron chi connectivity index (χ1n) is 6.74. The number of nitrogens with one attached hydrogen (secondary N) is 2. The molecule has 0 fully saturated rings. The summed E-state index contributed by atoms with van der Waals surface area (Å²) in [6.07, 6.45) is 3.08. The lowest BCUT2D eigenvalue weighted by Gasteiger charge is -2.07. The number of hydrogen-bond donors (Lipinski definition) is 2. The van der Waals surface area contributed by atoms with Crippen molar-refractivity contribution < 1.29 is 4.79 Å². The predicted molar refractivity (Wildman–Crippen MR) is 84.7 cm³/mol. The van der Waals surface area contributed by atoms with Gasteiger partial charge in [-0.15, -0.1) is 0 Å². The van der Waals surface area contributed by atoms with Crippen LogP contribution in [-0.4, -0.2) is 15.9 Å². The molecule has 2 N–H and O–H groups in total. The molecule has 1 aromatic carbocycles. The Morgan fingerprint density at radius 1 is 1.05 bits per heavy atom. The van der Waals surface area contributed by atoms with Gasteiger partial charge in [0.2, 0.25) is 5.56 Å². The molecule has 3 aromatic rings. The number of benzene rings is 1. The highest BCUT2D eigenvalue weighted by Crippen LogP contribution is 2.19. The molecule has 0 aliphatic heterocycles. The molecule has 0 saturated heterocycles. The third-order valence-electron chi connectivity index (χ3n) is 3.12. The number of rotatable bonds is 3. The fraction of sp³-hybridized carbons (Fsp3) is 0. The van der Waals surface area contributed by atoms with Crippen LogP contribution in [0.5, 0.6) is 0 Å². The quantitative estimate of drug-likeness (QED) is 0.779. The summed E-state index contributed by atoms with van der Waals surface area (Å²) in [5.41, 5.74) is 2.35. The number of aromatic amines is 1. The SMILES string of the molecule is O=C(Nc1ccnc(-c2ccccc2)c1)c1cc[nH]c(=O)c1. The molecule has 3 rings (SSSR count). The Morgan fingerprint density at radius 2 is 1.86 bits per heavy atom. The Kier molecular flexibility index (Phi) is 3.78. The minimum Gasteiger partial charge on any atom is -0.329 e. The van der Waals surface area contributed by atoms with Gasteiger partial charge in [-0.3, -0.25) is 14.6 Å². The molecule has 0 atom stereocenters. The van der Waals surface area contributed by atoms with E-state index in [9.17, 15) is 9.59 Å². The number of H-pyrrole nitrogens is 1. The summed E-state index contributed by atoms with van der Waals surface area (Å²) >= 11 is 0. The van der Waals surface area contributed by atoms with E-state index >= 15 is 0 Å². The number of carbonyl (C=O) groups excluding carboxylic acids is 1. The molecule has 0 unspecified atom stereocenters. The molecule has 5 nitrogen and oxygen atoms in total. The zero-order chi connectivity index (χ0) is 15.4. The Hall–Kier alpha value is -3.21. The lowest BCUT2D eigenvalue weighted by Crippen LogP contribution is -2.15. The average Bonchev–Trinajstić information content (AvgIpc) is 2.56. The van der Waals surface area contributed by atoms with Gasteiger partial charge in [0, 0.05) is 35.3 Å². The largest absolute Gasteiger partial charge is 0.329 e. The minimum absolute atomic E-state index is 0.307. The van der Waals surface area contributed by atoms with Crippen LogP contribution in [0.3, 0.4) is 0 Å². The highest BCUT2D eigenvalue weighted by Gasteiger charge is 2.07. The maximum Gasteiger partial charge on any atom is 0.255 e. The van der Waals surface area contributed by atoms with E-state index in [1.165, 1.54) is 12.3 Å². The molecule has 0 saturated carbocycles. The third kappa shape index (κ3) is 3.09. The highest BCUT2D eigenvalue weighted by molar-refractivity contribution is 6.04. The first-order valence-corrected chi connectivity index (χ1v) is 6.74. The molecule has 5 heteroatoms. The van der Waals surface area contributed by atoms with Gasteiger partial charge in [-0.1, -0.05) is 30.3 Å². The lowest BCUT2D eigenvalue weighted by molar-refractivity contribution is 0.102. The number of amides is 1. The van der Waals surface area contributed by atoms with Gasteiger partial charge in [0.1, 0.15) is 0 Å². The number of pyridine rings is 2. The molecule has 22 heavy (non-hydrogen) atoms. The fourth-order valence-electron chi connectivity index (χ4n) is 2.06. The Bertz CT molecular complexity index is 857. The van der Waals surface area contributed by atoms with Crippen LogP contribution in [0.25, 0.3) is 11.3 Å². The van der Waals surface area contributed by atoms with Crippen molar-refractivity contribution in [1.29, 1.82) is 0 Å². The second-order valence-corrected chi connectivity index (χ2v) is 4.69. The summed E-state index contributed by atoms with van der Waals surface area (Å²) in [6, 6.07) is 16.0. The van der Waals surface area contributed by atoms with E-state index in [0.29, 0.717) is 11.3 Å². The average molecular weight is 291 g/mol. The second-order valence-electron chi connectivity index (χ2n) is 4.69. The van der Waals surface area contributed by atoms with Crippen molar-refractivity contribution in [2.75, 3.05) is 5.32 Å². The fourth-order valence-corrected chi connectivity index (χ4v) is 2.06. The molecule has 0 aliphatic carbocycles. The van der Waals surface area contributed by atoms with Crippen molar-refractivity contribution in [3.63, 3.8) is 0 Å². The third-order valence-corrected chi connectivity index (χ3v) is 3.12. The normalized spacial score (nSPS) is 10.2. The van der Waals surface area contributed by atoms with Gasteiger partial charge in [0.05, 0.1) is 5.69 Å². The number of anilines is 1. The van der Waals surface area contributed by atoms with Crippen molar-refractivity contribution in [3.8, 4) is 11.3 Å². The van der Waals surface area contributed by atoms with Crippen LogP contribution in [0.1, 0.15) is 10.4 Å². The molecule has 2 heterocycles. The Morgan fingerprint density at radius 3 is 2.64 bits per heavy atom. The van der Waals surface area contributed by atoms with Gasteiger partial charge in [-0.25, -0.2) is 0 Å². The number of hydrogen-bond acceptors (Lipinski definition) is 3. The van der Waals surface area contributed by atoms with Crippen molar-refractivity contribution in [3.05, 3.63) is 82.9 Å². The van der Waals surface area contributed by atoms with Crippen LogP contribution in [-0.2, 0) is 0 Å². The van der Waals surface area contributed by atoms with Crippen molar-refractivity contribution >= 4 is 11.6 Å². The zero-order valence-corrected chi connectivity index (χ0v) is 11.6. The van der Waals surface area contributed by atoms with E-state index in [2.05, 4.69) is 15.3 Å². The molecule has 108 valence electrons. The van der Waals surface area contributed by atoms with Gasteiger partial charge in [-0.2, -0.15) is 0 Å². The van der Waals surface area contributed by atoms with Crippen LogP contribution in [0.2, 0.25) is 0 Å². The Labute approximate surface area is 126 Å². The van der Waals surface area contributed by atoms with Gasteiger partial charge < -0.3 is 10.3 Å². The van der Waals surface area contributed by atoms with Crippen LogP contribution in [0.4, 0.5) is 5.69 Å². The first kappa shape index (κ1) is 13.8. The predicted octanol–water partition coefficient (Wildman–Crippen LogP) is 2.69. The monoisotopic (exact) mass is 291 g/mol. The van der Waals surface area contributed by atoms with Gasteiger partial charge >= 0.3 is 0 Å². The van der Waals surface area contributed by atoms with E-state index in [4.69, 9.17) is 0 Å². The molecule has 0 radical (unpaired) electrons. The van der Waals surface area contributed by atoms with Crippen molar-refractivity contribution in [1.82, 2.24) is 9.97 Å². The summed E-state index contributed by atoms with van der Waals surface area (Å²) in [5.74, 6) is -0.337. The molecule has 0 bridgehead atoms.